The Hall–Kier alpha value is -1.03. The van der Waals surface area contributed by atoms with Crippen molar-refractivity contribution in [1.82, 2.24) is 0 Å². The third kappa shape index (κ3) is 33.7. The summed E-state index contributed by atoms with van der Waals surface area (Å²) in [5.74, 6) is 0.845. The quantitative estimate of drug-likeness (QED) is 0.280. The van der Waals surface area contributed by atoms with Gasteiger partial charge in [0.05, 0.1) is 11.9 Å². The second-order valence-electron chi connectivity index (χ2n) is 4.36. The van der Waals surface area contributed by atoms with Gasteiger partial charge in [0.1, 0.15) is 0 Å². The van der Waals surface area contributed by atoms with Crippen molar-refractivity contribution in [2.75, 3.05) is 0 Å². The molecule has 23 heavy (non-hydrogen) atoms. The Labute approximate surface area is 150 Å². The maximum Gasteiger partial charge on any atom is 0 e. The summed E-state index contributed by atoms with van der Waals surface area (Å²) in [5.41, 5.74) is 0. The van der Waals surface area contributed by atoms with E-state index in [9.17, 15) is 4.79 Å². The van der Waals surface area contributed by atoms with Crippen LogP contribution in [0.15, 0.2) is 11.8 Å². The largest absolute Gasteiger partial charge is 0 e. The molecular weight excluding hydrogens is 360 g/mol. The molecule has 0 N–H and O–H groups in total. The van der Waals surface area contributed by atoms with E-state index >= 15 is 0 Å². The molecule has 0 aliphatic carbocycles. The molecular formula is C15H20FeO6Si-. The Bertz CT molecular complexity index is 330. The molecule has 0 saturated heterocycles. The molecule has 3 radical (unpaired) electrons. The SMILES string of the molecule is C/C=C(\[CH][CH][CH][C@@H](C)O[C-]=O)O[Si](C)(C)C.[C-]#[O+].[C-]#[O+].[C-]#[O+].[Fe]. The molecule has 8 heteroatoms. The zero-order valence-corrected chi connectivity index (χ0v) is 15.8. The van der Waals surface area contributed by atoms with Crippen LogP contribution in [0.2, 0.25) is 19.6 Å². The number of ether oxygens (including phenoxy) is 1. The van der Waals surface area contributed by atoms with Gasteiger partial charge in [-0.2, -0.15) is 0 Å². The Morgan fingerprint density at radius 3 is 1.87 bits per heavy atom. The van der Waals surface area contributed by atoms with Crippen molar-refractivity contribution >= 4 is 14.8 Å². The van der Waals surface area contributed by atoms with Crippen molar-refractivity contribution in [3.05, 3.63) is 51.0 Å². The minimum absolute atomic E-state index is 0. The topological polar surface area (TPSA) is 95.2 Å². The predicted molar refractivity (Wildman–Crippen MR) is 79.1 cm³/mol. The van der Waals surface area contributed by atoms with Crippen LogP contribution in [0.1, 0.15) is 13.8 Å². The van der Waals surface area contributed by atoms with E-state index in [0.29, 0.717) is 0 Å². The van der Waals surface area contributed by atoms with Gasteiger partial charge in [0.25, 0.3) is 0 Å². The fourth-order valence-electron chi connectivity index (χ4n) is 0.965. The summed E-state index contributed by atoms with van der Waals surface area (Å²) in [6, 6.07) is 0. The molecule has 0 amide bonds. The van der Waals surface area contributed by atoms with Crippen LogP contribution in [0.3, 0.4) is 0 Å². The minimum Gasteiger partial charge on any atom is 0 e. The van der Waals surface area contributed by atoms with Crippen molar-refractivity contribution in [2.24, 2.45) is 0 Å². The maximum atomic E-state index is 9.93. The smallest absolute Gasteiger partial charge is 0 e. The van der Waals surface area contributed by atoms with Crippen LogP contribution in [0.25, 0.3) is 0 Å². The number of rotatable bonds is 8. The summed E-state index contributed by atoms with van der Waals surface area (Å²) < 4.78 is 32.9. The number of hydrogen-bond donors (Lipinski definition) is 0. The third-order valence-corrected chi connectivity index (χ3v) is 2.43. The second-order valence-corrected chi connectivity index (χ2v) is 8.79. The molecule has 6 nitrogen and oxygen atoms in total. The van der Waals surface area contributed by atoms with Crippen LogP contribution in [-0.2, 0) is 45.0 Å². The van der Waals surface area contributed by atoms with Crippen molar-refractivity contribution in [2.45, 2.75) is 39.6 Å². The van der Waals surface area contributed by atoms with Gasteiger partial charge in [0, 0.05) is 29.9 Å². The predicted octanol–water partition coefficient (Wildman–Crippen LogP) is 2.71. The number of allylic oxidation sites excluding steroid dienone is 2. The molecule has 0 bridgehead atoms. The summed E-state index contributed by atoms with van der Waals surface area (Å²) in [6.45, 7) is 25.0. The van der Waals surface area contributed by atoms with E-state index in [1.165, 1.54) is 6.47 Å². The number of carbonyl (C=O) groups excluding carboxylic acids is 1. The summed E-state index contributed by atoms with van der Waals surface area (Å²) in [4.78, 5) is 9.93. The van der Waals surface area contributed by atoms with Crippen LogP contribution in [-0.4, -0.2) is 20.9 Å². The maximum absolute atomic E-state index is 9.93. The van der Waals surface area contributed by atoms with E-state index in [4.69, 9.17) is 18.4 Å². The first-order chi connectivity index (χ1) is 10.4. The van der Waals surface area contributed by atoms with Crippen LogP contribution < -0.4 is 0 Å². The van der Waals surface area contributed by atoms with Crippen LogP contribution in [0, 0.1) is 39.2 Å². The monoisotopic (exact) mass is 380 g/mol. The number of hydrogen-bond acceptors (Lipinski definition) is 3. The van der Waals surface area contributed by atoms with Crippen LogP contribution in [0.4, 0.5) is 0 Å². The molecule has 0 heterocycles. The zero-order chi connectivity index (χ0) is 18.6. The summed E-state index contributed by atoms with van der Waals surface area (Å²) in [5, 5.41) is 0. The second kappa shape index (κ2) is 25.9. The first kappa shape index (κ1) is 33.5. The van der Waals surface area contributed by atoms with E-state index in [1.54, 1.807) is 13.3 Å². The minimum atomic E-state index is -1.56. The van der Waals surface area contributed by atoms with Gasteiger partial charge in [-0.25, -0.2) is 0 Å². The average Bonchev–Trinajstić information content (AvgIpc) is 2.51. The van der Waals surface area contributed by atoms with Crippen molar-refractivity contribution < 1.29 is 45.0 Å². The molecule has 0 aliphatic rings. The van der Waals surface area contributed by atoms with Gasteiger partial charge in [-0.05, 0) is 39.9 Å². The molecule has 0 spiro atoms. The van der Waals surface area contributed by atoms with E-state index < -0.39 is 8.32 Å². The summed E-state index contributed by atoms with van der Waals surface area (Å²) in [7, 11) is -1.56. The van der Waals surface area contributed by atoms with E-state index in [0.717, 1.165) is 5.76 Å². The van der Waals surface area contributed by atoms with Gasteiger partial charge in [-0.15, -0.1) is 0 Å². The van der Waals surface area contributed by atoms with Crippen LogP contribution in [0.5, 0.6) is 0 Å². The van der Waals surface area contributed by atoms with Gasteiger partial charge in [-0.3, -0.25) is 0 Å². The first-order valence-electron chi connectivity index (χ1n) is 5.90. The fourth-order valence-corrected chi connectivity index (χ4v) is 1.86. The van der Waals surface area contributed by atoms with Gasteiger partial charge < -0.3 is 14.0 Å². The Morgan fingerprint density at radius 2 is 1.57 bits per heavy atom. The van der Waals surface area contributed by atoms with Crippen molar-refractivity contribution in [3.63, 3.8) is 0 Å². The Balaban J connectivity index is -0.000000137. The molecule has 129 valence electrons. The van der Waals surface area contributed by atoms with E-state index in [1.807, 2.05) is 25.8 Å². The molecule has 0 saturated carbocycles. The Kier molecular flexibility index (Phi) is 37.8. The van der Waals surface area contributed by atoms with Gasteiger partial charge >= 0.3 is 33.9 Å². The van der Waals surface area contributed by atoms with E-state index in [2.05, 4.69) is 44.3 Å². The Morgan fingerprint density at radius 1 is 1.13 bits per heavy atom. The molecule has 0 aromatic heterocycles. The third-order valence-electron chi connectivity index (χ3n) is 1.59. The normalized spacial score (nSPS) is 10.3. The molecule has 0 unspecified atom stereocenters. The van der Waals surface area contributed by atoms with Gasteiger partial charge in [0.2, 0.25) is 8.32 Å². The average molecular weight is 380 g/mol. The van der Waals surface area contributed by atoms with E-state index in [-0.39, 0.29) is 23.2 Å². The standard InChI is InChI=1S/C12H20O3Si.3CO.Fe/c1-6-12(15-16(3,4)5)9-7-8-11(2)14-10-13;3*1-2;/h6-9,11H,1-5H3;;;;/q-1;;;;/b12-6+;;;;/t11-;;;;/m1..../s1. The van der Waals surface area contributed by atoms with Crippen LogP contribution >= 0.6 is 0 Å². The molecule has 1 atom stereocenters. The molecule has 0 fully saturated rings. The molecule has 0 rings (SSSR count). The van der Waals surface area contributed by atoms with Crippen molar-refractivity contribution in [3.8, 4) is 0 Å². The zero-order valence-electron chi connectivity index (χ0n) is 13.7. The summed E-state index contributed by atoms with van der Waals surface area (Å²) >= 11 is 0. The molecule has 0 aromatic rings. The molecule has 0 aromatic carbocycles. The molecule has 0 aliphatic heterocycles. The fraction of sp³-hybridized carbons (Fsp3) is 0.400. The first-order valence-corrected chi connectivity index (χ1v) is 9.30. The van der Waals surface area contributed by atoms with Gasteiger partial charge in [-0.1, -0.05) is 12.5 Å². The van der Waals surface area contributed by atoms with Crippen molar-refractivity contribution in [1.29, 1.82) is 0 Å². The van der Waals surface area contributed by atoms with Gasteiger partial charge in [0.15, 0.2) is 0 Å². The summed E-state index contributed by atoms with van der Waals surface area (Å²) in [6.07, 6.45) is 7.10.